The highest BCUT2D eigenvalue weighted by atomic mass is 79.9. The van der Waals surface area contributed by atoms with Crippen molar-refractivity contribution in [3.05, 3.63) is 86.3 Å². The molecule has 0 saturated carbocycles. The molecule has 0 aliphatic carbocycles. The van der Waals surface area contributed by atoms with Crippen molar-refractivity contribution in [1.29, 1.82) is 0 Å². The van der Waals surface area contributed by atoms with Gasteiger partial charge in [-0.15, -0.1) is 0 Å². The molecule has 3 aromatic rings. The molecule has 198 valence electrons. The fourth-order valence-electron chi connectivity index (χ4n) is 3.28. The predicted octanol–water partition coefficient (Wildman–Crippen LogP) is 5.14. The van der Waals surface area contributed by atoms with E-state index in [1.165, 1.54) is 44.4 Å². The number of hydrogen-bond acceptors (Lipinski definition) is 5. The van der Waals surface area contributed by atoms with Crippen molar-refractivity contribution >= 4 is 70.8 Å². The number of benzene rings is 3. The summed E-state index contributed by atoms with van der Waals surface area (Å²) in [6, 6.07) is 15.1. The molecule has 1 amide bonds. The summed E-state index contributed by atoms with van der Waals surface area (Å²) in [6.07, 6.45) is 0. The molecule has 0 heterocycles. The quantitative estimate of drug-likeness (QED) is 0.346. The molecular formula is C24H24BrCl2N3O5S2. The lowest BCUT2D eigenvalue weighted by Crippen LogP contribution is -2.37. The van der Waals surface area contributed by atoms with Crippen molar-refractivity contribution in [2.75, 3.05) is 26.0 Å². The first-order chi connectivity index (χ1) is 17.2. The van der Waals surface area contributed by atoms with Crippen LogP contribution in [0.1, 0.15) is 11.1 Å². The Morgan fingerprint density at radius 1 is 0.865 bits per heavy atom. The van der Waals surface area contributed by atoms with E-state index in [0.717, 1.165) is 8.61 Å². The third-order valence-electron chi connectivity index (χ3n) is 5.38. The van der Waals surface area contributed by atoms with E-state index in [-0.39, 0.29) is 27.0 Å². The van der Waals surface area contributed by atoms with Crippen LogP contribution in [-0.2, 0) is 31.4 Å². The number of anilines is 1. The maximum Gasteiger partial charge on any atom is 0.243 e. The number of amides is 1. The monoisotopic (exact) mass is 647 g/mol. The van der Waals surface area contributed by atoms with Gasteiger partial charge in [0, 0.05) is 30.8 Å². The Kier molecular flexibility index (Phi) is 9.44. The fourth-order valence-corrected chi connectivity index (χ4v) is 6.18. The highest BCUT2D eigenvalue weighted by molar-refractivity contribution is 9.10. The molecule has 8 nitrogen and oxygen atoms in total. The molecule has 0 aliphatic heterocycles. The zero-order chi connectivity index (χ0) is 27.5. The van der Waals surface area contributed by atoms with Crippen LogP contribution in [0.3, 0.4) is 0 Å². The summed E-state index contributed by atoms with van der Waals surface area (Å²) in [6.45, 7) is 1.01. The summed E-state index contributed by atoms with van der Waals surface area (Å²) < 4.78 is 54.8. The lowest BCUT2D eigenvalue weighted by Gasteiger charge is -2.23. The van der Waals surface area contributed by atoms with Crippen LogP contribution in [0.2, 0.25) is 10.0 Å². The lowest BCUT2D eigenvalue weighted by atomic mass is 10.2. The number of carbonyl (C=O) groups is 1. The average Bonchev–Trinajstić information content (AvgIpc) is 2.82. The van der Waals surface area contributed by atoms with Crippen molar-refractivity contribution in [2.24, 2.45) is 0 Å². The third-order valence-corrected chi connectivity index (χ3v) is 10.3. The highest BCUT2D eigenvalue weighted by Gasteiger charge is 2.28. The Morgan fingerprint density at radius 2 is 1.49 bits per heavy atom. The number of sulfonamides is 2. The molecule has 0 spiro atoms. The fraction of sp³-hybridized carbons (Fsp3) is 0.208. The summed E-state index contributed by atoms with van der Waals surface area (Å²) in [7, 11) is -5.04. The van der Waals surface area contributed by atoms with Gasteiger partial charge >= 0.3 is 0 Å². The van der Waals surface area contributed by atoms with Crippen LogP contribution in [0, 0.1) is 6.92 Å². The number of aryl methyl sites for hydroxylation is 1. The molecule has 0 aromatic heterocycles. The number of nitrogens with zero attached hydrogens (tertiary/aromatic N) is 2. The van der Waals surface area contributed by atoms with Gasteiger partial charge in [-0.05, 0) is 66.6 Å². The van der Waals surface area contributed by atoms with Crippen molar-refractivity contribution in [3.63, 3.8) is 0 Å². The first-order valence-corrected chi connectivity index (χ1v) is 15.2. The van der Waals surface area contributed by atoms with E-state index in [1.807, 2.05) is 0 Å². The van der Waals surface area contributed by atoms with Crippen LogP contribution in [0.5, 0.6) is 0 Å². The van der Waals surface area contributed by atoms with Crippen LogP contribution in [0.25, 0.3) is 0 Å². The second-order valence-corrected chi connectivity index (χ2v) is 14.1. The second kappa shape index (κ2) is 11.8. The maximum absolute atomic E-state index is 13.5. The Hall–Kier alpha value is -1.99. The van der Waals surface area contributed by atoms with E-state index in [1.54, 1.807) is 37.3 Å². The van der Waals surface area contributed by atoms with E-state index >= 15 is 0 Å². The lowest BCUT2D eigenvalue weighted by molar-refractivity contribution is -0.116. The van der Waals surface area contributed by atoms with Gasteiger partial charge in [-0.25, -0.2) is 21.1 Å². The van der Waals surface area contributed by atoms with Gasteiger partial charge in [-0.2, -0.15) is 4.31 Å². The van der Waals surface area contributed by atoms with Crippen molar-refractivity contribution in [1.82, 2.24) is 8.61 Å². The van der Waals surface area contributed by atoms with Gasteiger partial charge in [0.15, 0.2) is 0 Å². The first-order valence-electron chi connectivity index (χ1n) is 10.7. The Balaban J connectivity index is 1.94. The molecule has 0 aliphatic rings. The highest BCUT2D eigenvalue weighted by Crippen LogP contribution is 2.26. The topological polar surface area (TPSA) is 104 Å². The van der Waals surface area contributed by atoms with Crippen molar-refractivity contribution in [2.45, 2.75) is 23.3 Å². The van der Waals surface area contributed by atoms with Crippen LogP contribution >= 0.6 is 39.1 Å². The van der Waals surface area contributed by atoms with E-state index in [0.29, 0.717) is 20.6 Å². The van der Waals surface area contributed by atoms with Gasteiger partial charge in [-0.1, -0.05) is 51.3 Å². The minimum Gasteiger partial charge on any atom is -0.325 e. The summed E-state index contributed by atoms with van der Waals surface area (Å²) in [5.41, 5.74) is 1.39. The van der Waals surface area contributed by atoms with Crippen LogP contribution in [-0.4, -0.2) is 52.0 Å². The minimum atomic E-state index is -4.11. The van der Waals surface area contributed by atoms with Crippen molar-refractivity contribution in [3.8, 4) is 0 Å². The summed E-state index contributed by atoms with van der Waals surface area (Å²) in [4.78, 5) is 13.1. The van der Waals surface area contributed by atoms with Gasteiger partial charge in [0.25, 0.3) is 0 Å². The molecular weight excluding hydrogens is 625 g/mol. The zero-order valence-corrected chi connectivity index (χ0v) is 24.8. The molecule has 1 N–H and O–H groups in total. The molecule has 0 bridgehead atoms. The molecule has 0 saturated heterocycles. The summed E-state index contributed by atoms with van der Waals surface area (Å²) >= 11 is 15.4. The van der Waals surface area contributed by atoms with Gasteiger partial charge in [0.05, 0.1) is 26.4 Å². The Labute approximate surface area is 235 Å². The van der Waals surface area contributed by atoms with E-state index in [4.69, 9.17) is 23.2 Å². The van der Waals surface area contributed by atoms with Crippen LogP contribution in [0.4, 0.5) is 5.69 Å². The van der Waals surface area contributed by atoms with Gasteiger partial charge in [0.2, 0.25) is 26.0 Å². The maximum atomic E-state index is 13.5. The number of carbonyl (C=O) groups excluding carboxylic acids is 1. The number of hydrogen-bond donors (Lipinski definition) is 1. The van der Waals surface area contributed by atoms with Gasteiger partial charge in [0.1, 0.15) is 0 Å². The minimum absolute atomic E-state index is 0.00110. The molecule has 13 heteroatoms. The predicted molar refractivity (Wildman–Crippen MR) is 149 cm³/mol. The molecule has 37 heavy (non-hydrogen) atoms. The zero-order valence-electron chi connectivity index (χ0n) is 20.1. The van der Waals surface area contributed by atoms with E-state index in [9.17, 15) is 21.6 Å². The van der Waals surface area contributed by atoms with Crippen LogP contribution < -0.4 is 5.32 Å². The number of nitrogens with one attached hydrogen (secondary N) is 1. The molecule has 0 radical (unpaired) electrons. The smallest absolute Gasteiger partial charge is 0.243 e. The van der Waals surface area contributed by atoms with Gasteiger partial charge < -0.3 is 5.32 Å². The average molecular weight is 649 g/mol. The largest absolute Gasteiger partial charge is 0.325 e. The van der Waals surface area contributed by atoms with E-state index < -0.39 is 32.5 Å². The number of halogens is 3. The first kappa shape index (κ1) is 29.6. The summed E-state index contributed by atoms with van der Waals surface area (Å²) in [5.74, 6) is -0.650. The molecule has 0 atom stereocenters. The molecule has 3 rings (SSSR count). The van der Waals surface area contributed by atoms with E-state index in [2.05, 4.69) is 21.2 Å². The third kappa shape index (κ3) is 7.11. The number of rotatable bonds is 9. The van der Waals surface area contributed by atoms with Crippen LogP contribution in [0.15, 0.2) is 74.9 Å². The second-order valence-electron chi connectivity index (χ2n) is 8.29. The Bertz CT molecular complexity index is 1530. The standard InChI is InChI=1S/C24H24BrCl2N3O5S2/c1-16-4-8-20(36(32,33)29(2)3)13-23(16)28-24(31)15-30(14-17-5-11-21(26)22(27)12-17)37(34,35)19-9-6-18(25)7-10-19/h4-13H,14-15H2,1-3H3,(H,28,31). The van der Waals surface area contributed by atoms with Crippen molar-refractivity contribution < 1.29 is 21.6 Å². The SMILES string of the molecule is Cc1ccc(S(=O)(=O)N(C)C)cc1NC(=O)CN(Cc1ccc(Cl)c(Cl)c1)S(=O)(=O)c1ccc(Br)cc1. The molecule has 0 unspecified atom stereocenters. The summed E-state index contributed by atoms with van der Waals surface area (Å²) in [5, 5.41) is 3.21. The molecule has 3 aromatic carbocycles. The molecule has 0 fully saturated rings. The van der Waals surface area contributed by atoms with Gasteiger partial charge in [-0.3, -0.25) is 4.79 Å². The normalized spacial score (nSPS) is 12.2. The Morgan fingerprint density at radius 3 is 2.08 bits per heavy atom.